The van der Waals surface area contributed by atoms with E-state index in [9.17, 15) is 22.0 Å². The van der Waals surface area contributed by atoms with Gasteiger partial charge in [-0.2, -0.15) is 0 Å². The van der Waals surface area contributed by atoms with Crippen LogP contribution in [0.15, 0.2) is 17.0 Å². The maximum absolute atomic E-state index is 13.7. The van der Waals surface area contributed by atoms with Crippen LogP contribution in [-0.2, 0) is 14.8 Å². The number of hydrogen-bond acceptors (Lipinski definition) is 4. The van der Waals surface area contributed by atoms with Gasteiger partial charge >= 0.3 is 5.97 Å². The SMILES string of the molecule is CC(C)OC(=O)c1c(F)ccc(S(N)(=O)=O)c1F. The van der Waals surface area contributed by atoms with Gasteiger partial charge in [0.25, 0.3) is 0 Å². The van der Waals surface area contributed by atoms with Crippen molar-refractivity contribution in [1.29, 1.82) is 0 Å². The lowest BCUT2D eigenvalue weighted by Gasteiger charge is -2.10. The molecule has 18 heavy (non-hydrogen) atoms. The molecule has 0 amide bonds. The highest BCUT2D eigenvalue weighted by Gasteiger charge is 2.26. The van der Waals surface area contributed by atoms with Crippen molar-refractivity contribution in [3.05, 3.63) is 29.3 Å². The number of sulfonamides is 1. The van der Waals surface area contributed by atoms with Gasteiger partial charge < -0.3 is 4.74 Å². The predicted molar refractivity (Wildman–Crippen MR) is 58.3 cm³/mol. The molecule has 8 heteroatoms. The minimum atomic E-state index is -4.38. The van der Waals surface area contributed by atoms with Crippen molar-refractivity contribution in [3.8, 4) is 0 Å². The first-order chi connectivity index (χ1) is 8.14. The van der Waals surface area contributed by atoms with Crippen LogP contribution in [0.25, 0.3) is 0 Å². The molecule has 0 atom stereocenters. The molecule has 2 N–H and O–H groups in total. The lowest BCUT2D eigenvalue weighted by molar-refractivity contribution is 0.0366. The number of primary sulfonamides is 1. The molecule has 0 spiro atoms. The van der Waals surface area contributed by atoms with Crippen molar-refractivity contribution in [3.63, 3.8) is 0 Å². The van der Waals surface area contributed by atoms with E-state index in [-0.39, 0.29) is 0 Å². The molecule has 5 nitrogen and oxygen atoms in total. The Kier molecular flexibility index (Phi) is 4.02. The Morgan fingerprint density at radius 3 is 2.33 bits per heavy atom. The van der Waals surface area contributed by atoms with E-state index in [2.05, 4.69) is 4.74 Å². The quantitative estimate of drug-likeness (QED) is 0.842. The van der Waals surface area contributed by atoms with E-state index in [4.69, 9.17) is 5.14 Å². The molecular weight excluding hydrogens is 268 g/mol. The van der Waals surface area contributed by atoms with Crippen molar-refractivity contribution >= 4 is 16.0 Å². The summed E-state index contributed by atoms with van der Waals surface area (Å²) in [4.78, 5) is 10.5. The molecule has 0 aliphatic carbocycles. The van der Waals surface area contributed by atoms with Crippen molar-refractivity contribution in [2.45, 2.75) is 24.8 Å². The Balaban J connectivity index is 3.41. The van der Waals surface area contributed by atoms with Crippen molar-refractivity contribution in [2.24, 2.45) is 5.14 Å². The second-order valence-electron chi connectivity index (χ2n) is 3.73. The van der Waals surface area contributed by atoms with E-state index >= 15 is 0 Å². The van der Waals surface area contributed by atoms with Gasteiger partial charge in [-0.3, -0.25) is 0 Å². The normalized spacial score (nSPS) is 11.7. The zero-order chi connectivity index (χ0) is 14.1. The highest BCUT2D eigenvalue weighted by atomic mass is 32.2. The molecule has 0 fully saturated rings. The van der Waals surface area contributed by atoms with Gasteiger partial charge in [0.15, 0.2) is 5.82 Å². The number of carbonyl (C=O) groups is 1. The van der Waals surface area contributed by atoms with E-state index in [1.54, 1.807) is 0 Å². The molecule has 0 bridgehead atoms. The third kappa shape index (κ3) is 3.02. The largest absolute Gasteiger partial charge is 0.459 e. The van der Waals surface area contributed by atoms with Crippen LogP contribution < -0.4 is 5.14 Å². The van der Waals surface area contributed by atoms with Gasteiger partial charge in [0, 0.05) is 0 Å². The molecule has 0 aromatic heterocycles. The van der Waals surface area contributed by atoms with Crippen LogP contribution in [0.5, 0.6) is 0 Å². The van der Waals surface area contributed by atoms with E-state index in [0.717, 1.165) is 0 Å². The summed E-state index contributed by atoms with van der Waals surface area (Å²) < 4.78 is 53.7. The number of halogens is 2. The molecule has 0 radical (unpaired) electrons. The molecular formula is C10H11F2NO4S. The smallest absolute Gasteiger partial charge is 0.344 e. The zero-order valence-electron chi connectivity index (χ0n) is 9.61. The second-order valence-corrected chi connectivity index (χ2v) is 5.26. The van der Waals surface area contributed by atoms with Crippen molar-refractivity contribution in [1.82, 2.24) is 0 Å². The Morgan fingerprint density at radius 1 is 1.33 bits per heavy atom. The molecule has 0 heterocycles. The average molecular weight is 279 g/mol. The summed E-state index contributed by atoms with van der Waals surface area (Å²) in [6.45, 7) is 2.97. The summed E-state index contributed by atoms with van der Waals surface area (Å²) in [7, 11) is -4.38. The number of nitrogens with two attached hydrogens (primary N) is 1. The molecule has 1 rings (SSSR count). The standard InChI is InChI=1S/C10H11F2NO4S/c1-5(2)17-10(14)8-6(11)3-4-7(9(8)12)18(13,15)16/h3-5H,1-2H3,(H2,13,15,16). The Labute approximate surface area is 103 Å². The Hall–Kier alpha value is -1.54. The van der Waals surface area contributed by atoms with Crippen LogP contribution in [-0.4, -0.2) is 20.5 Å². The van der Waals surface area contributed by atoms with Gasteiger partial charge in [-0.05, 0) is 26.0 Å². The lowest BCUT2D eigenvalue weighted by Crippen LogP contribution is -2.19. The van der Waals surface area contributed by atoms with Crippen molar-refractivity contribution < 1.29 is 26.7 Å². The number of ether oxygens (including phenoxy) is 1. The number of esters is 1. The summed E-state index contributed by atoms with van der Waals surface area (Å²) in [5, 5.41) is 4.74. The molecule has 1 aromatic carbocycles. The van der Waals surface area contributed by atoms with Gasteiger partial charge in [0.2, 0.25) is 10.0 Å². The number of benzene rings is 1. The van der Waals surface area contributed by atoms with Crippen LogP contribution in [0.2, 0.25) is 0 Å². The van der Waals surface area contributed by atoms with E-state index in [0.29, 0.717) is 12.1 Å². The summed E-state index contributed by atoms with van der Waals surface area (Å²) in [6, 6.07) is 1.28. The Bertz CT molecular complexity index is 584. The summed E-state index contributed by atoms with van der Waals surface area (Å²) in [5.74, 6) is -4.06. The molecule has 0 saturated carbocycles. The third-order valence-corrected chi connectivity index (χ3v) is 2.84. The van der Waals surface area contributed by atoms with E-state index < -0.39 is 44.2 Å². The molecule has 0 aliphatic rings. The fraction of sp³-hybridized carbons (Fsp3) is 0.300. The van der Waals surface area contributed by atoms with E-state index in [1.807, 2.05) is 0 Å². The summed E-state index contributed by atoms with van der Waals surface area (Å²) in [5.41, 5.74) is -1.07. The first-order valence-electron chi connectivity index (χ1n) is 4.86. The second kappa shape index (κ2) is 4.99. The number of rotatable bonds is 3. The topological polar surface area (TPSA) is 86.5 Å². The van der Waals surface area contributed by atoms with Gasteiger partial charge in [0.1, 0.15) is 16.3 Å². The maximum Gasteiger partial charge on any atom is 0.344 e. The summed E-state index contributed by atoms with van der Waals surface area (Å²) in [6.07, 6.45) is -0.602. The van der Waals surface area contributed by atoms with Crippen LogP contribution in [0.3, 0.4) is 0 Å². The molecule has 100 valence electrons. The minimum absolute atomic E-state index is 0.602. The van der Waals surface area contributed by atoms with Gasteiger partial charge in [-0.1, -0.05) is 0 Å². The van der Waals surface area contributed by atoms with Crippen LogP contribution in [0, 0.1) is 11.6 Å². The van der Waals surface area contributed by atoms with Crippen LogP contribution in [0.4, 0.5) is 8.78 Å². The predicted octanol–water partition coefficient (Wildman–Crippen LogP) is 1.18. The number of hydrogen-bond donors (Lipinski definition) is 1. The first kappa shape index (κ1) is 14.5. The van der Waals surface area contributed by atoms with Gasteiger partial charge in [-0.15, -0.1) is 0 Å². The fourth-order valence-electron chi connectivity index (χ4n) is 1.21. The first-order valence-corrected chi connectivity index (χ1v) is 6.41. The minimum Gasteiger partial charge on any atom is -0.459 e. The zero-order valence-corrected chi connectivity index (χ0v) is 10.4. The number of carbonyl (C=O) groups excluding carboxylic acids is 1. The highest BCUT2D eigenvalue weighted by molar-refractivity contribution is 7.89. The summed E-state index contributed by atoms with van der Waals surface area (Å²) >= 11 is 0. The van der Waals surface area contributed by atoms with Crippen LogP contribution in [0.1, 0.15) is 24.2 Å². The maximum atomic E-state index is 13.7. The lowest BCUT2D eigenvalue weighted by atomic mass is 10.2. The fourth-order valence-corrected chi connectivity index (χ4v) is 1.82. The Morgan fingerprint density at radius 2 is 1.89 bits per heavy atom. The van der Waals surface area contributed by atoms with Gasteiger partial charge in [-0.25, -0.2) is 27.1 Å². The monoisotopic (exact) mass is 279 g/mol. The van der Waals surface area contributed by atoms with Crippen LogP contribution >= 0.6 is 0 Å². The molecule has 0 unspecified atom stereocenters. The highest BCUT2D eigenvalue weighted by Crippen LogP contribution is 2.21. The van der Waals surface area contributed by atoms with Crippen molar-refractivity contribution in [2.75, 3.05) is 0 Å². The molecule has 1 aromatic rings. The van der Waals surface area contributed by atoms with Gasteiger partial charge in [0.05, 0.1) is 6.10 Å². The molecule has 0 aliphatic heterocycles. The van der Waals surface area contributed by atoms with E-state index in [1.165, 1.54) is 13.8 Å². The molecule has 0 saturated heterocycles. The third-order valence-electron chi connectivity index (χ3n) is 1.91. The average Bonchev–Trinajstić information content (AvgIpc) is 2.13.